The zero-order valence-electron chi connectivity index (χ0n) is 16.1. The van der Waals surface area contributed by atoms with Crippen LogP contribution in [0.2, 0.25) is 10.0 Å². The predicted molar refractivity (Wildman–Crippen MR) is 121 cm³/mol. The maximum atomic E-state index is 12.7. The summed E-state index contributed by atoms with van der Waals surface area (Å²) in [5.74, 6) is -0.644. The molecular weight excluding hydrogens is 459 g/mol. The number of nitrogens with zero attached hydrogens (tertiary/aromatic N) is 3. The summed E-state index contributed by atoms with van der Waals surface area (Å²) in [5.41, 5.74) is 1.87. The fraction of sp³-hybridized carbons (Fsp3) is 0.190. The molecule has 7 nitrogen and oxygen atoms in total. The Morgan fingerprint density at radius 2 is 1.97 bits per heavy atom. The molecule has 1 amide bonds. The van der Waals surface area contributed by atoms with Crippen LogP contribution < -0.4 is 20.8 Å². The average molecular weight is 475 g/mol. The van der Waals surface area contributed by atoms with Crippen LogP contribution in [-0.2, 0) is 9.53 Å². The summed E-state index contributed by atoms with van der Waals surface area (Å²) in [5, 5.41) is 16.0. The molecule has 0 atom stereocenters. The van der Waals surface area contributed by atoms with Crippen LogP contribution in [0.15, 0.2) is 41.4 Å². The normalized spacial score (nSPS) is 15.7. The fourth-order valence-electron chi connectivity index (χ4n) is 3.58. The zero-order valence-corrected chi connectivity index (χ0v) is 18.4. The Hall–Kier alpha value is -2.65. The number of fused-ring (bicyclic) bond motifs is 1. The average Bonchev–Trinajstić information content (AvgIpc) is 3.29. The largest absolute Gasteiger partial charge is 0.492 e. The van der Waals surface area contributed by atoms with Crippen LogP contribution in [0.1, 0.15) is 4.88 Å². The summed E-state index contributed by atoms with van der Waals surface area (Å²) in [6, 6.07) is 10.9. The first-order valence-electron chi connectivity index (χ1n) is 9.52. The quantitative estimate of drug-likeness (QED) is 0.603. The summed E-state index contributed by atoms with van der Waals surface area (Å²) in [6.45, 7) is 2.88. The number of benzene rings is 2. The summed E-state index contributed by atoms with van der Waals surface area (Å²) >= 11 is 13.4. The Bertz CT molecular complexity index is 1320. The SMILES string of the molecule is O=C1N=c2ccc(N3CCOCC3)cc2=C1c1sc(Nc2cccc(Cl)c2Cl)nc1O. The molecule has 0 radical (unpaired) electrons. The molecule has 0 bridgehead atoms. The fourth-order valence-corrected chi connectivity index (χ4v) is 4.85. The highest BCUT2D eigenvalue weighted by atomic mass is 35.5. The first kappa shape index (κ1) is 20.3. The molecule has 5 rings (SSSR count). The second-order valence-electron chi connectivity index (χ2n) is 6.99. The maximum Gasteiger partial charge on any atom is 0.279 e. The van der Waals surface area contributed by atoms with E-state index in [1.54, 1.807) is 18.2 Å². The third-order valence-corrected chi connectivity index (χ3v) is 6.89. The molecule has 0 spiro atoms. The smallest absolute Gasteiger partial charge is 0.279 e. The van der Waals surface area contributed by atoms with Gasteiger partial charge in [-0.3, -0.25) is 4.79 Å². The molecular formula is C21H16Cl2N4O3S. The number of amides is 1. The molecule has 158 valence electrons. The molecule has 10 heteroatoms. The number of hydrogen-bond acceptors (Lipinski definition) is 7. The number of aromatic hydroxyl groups is 1. The molecule has 1 fully saturated rings. The highest BCUT2D eigenvalue weighted by Gasteiger charge is 2.26. The molecule has 31 heavy (non-hydrogen) atoms. The van der Waals surface area contributed by atoms with Gasteiger partial charge in [0.2, 0.25) is 5.88 Å². The number of rotatable bonds is 4. The highest BCUT2D eigenvalue weighted by Crippen LogP contribution is 2.38. The van der Waals surface area contributed by atoms with E-state index in [1.807, 2.05) is 18.2 Å². The second-order valence-corrected chi connectivity index (χ2v) is 8.78. The van der Waals surface area contributed by atoms with E-state index in [4.69, 9.17) is 27.9 Å². The lowest BCUT2D eigenvalue weighted by Crippen LogP contribution is -2.37. The standard InChI is InChI=1S/C21H16Cl2N4O3S/c22-13-2-1-3-15(17(13)23)25-21-26-20(29)18(31-21)16-12-10-11(27-6-8-30-9-7-27)4-5-14(12)24-19(16)28/h1-5,10,29H,6-9H2,(H,25,26). The monoisotopic (exact) mass is 474 g/mol. The van der Waals surface area contributed by atoms with Gasteiger partial charge in [-0.05, 0) is 30.3 Å². The van der Waals surface area contributed by atoms with Gasteiger partial charge in [-0.25, -0.2) is 4.99 Å². The Balaban J connectivity index is 1.56. The van der Waals surface area contributed by atoms with Crippen molar-refractivity contribution in [3.8, 4) is 5.88 Å². The zero-order chi connectivity index (χ0) is 21.5. The number of thiazole rings is 1. The third kappa shape index (κ3) is 3.76. The van der Waals surface area contributed by atoms with Crippen molar-refractivity contribution in [2.45, 2.75) is 0 Å². The molecule has 2 aliphatic heterocycles. The Morgan fingerprint density at radius 1 is 1.16 bits per heavy atom. The van der Waals surface area contributed by atoms with E-state index in [0.29, 0.717) is 55.1 Å². The number of aromatic nitrogens is 1. The number of ether oxygens (including phenoxy) is 1. The Morgan fingerprint density at radius 3 is 2.77 bits per heavy atom. The van der Waals surface area contributed by atoms with Crippen LogP contribution in [-0.4, -0.2) is 42.3 Å². The molecule has 0 aliphatic carbocycles. The van der Waals surface area contributed by atoms with Crippen molar-refractivity contribution in [1.82, 2.24) is 4.98 Å². The van der Waals surface area contributed by atoms with Crippen molar-refractivity contribution >= 4 is 62.5 Å². The van der Waals surface area contributed by atoms with Gasteiger partial charge in [0, 0.05) is 24.0 Å². The minimum Gasteiger partial charge on any atom is -0.492 e. The first-order chi connectivity index (χ1) is 15.0. The van der Waals surface area contributed by atoms with E-state index in [1.165, 1.54) is 0 Å². The van der Waals surface area contributed by atoms with Crippen LogP contribution in [0.5, 0.6) is 5.88 Å². The summed E-state index contributed by atoms with van der Waals surface area (Å²) in [6.07, 6.45) is 0. The van der Waals surface area contributed by atoms with Crippen molar-refractivity contribution in [1.29, 1.82) is 0 Å². The number of carbonyl (C=O) groups excluding carboxylic acids is 1. The lowest BCUT2D eigenvalue weighted by Gasteiger charge is -2.28. The summed E-state index contributed by atoms with van der Waals surface area (Å²) in [4.78, 5) is 23.6. The number of hydrogen-bond donors (Lipinski definition) is 2. The molecule has 2 aromatic carbocycles. The van der Waals surface area contributed by atoms with Crippen molar-refractivity contribution in [3.63, 3.8) is 0 Å². The topological polar surface area (TPSA) is 87.1 Å². The van der Waals surface area contributed by atoms with E-state index in [-0.39, 0.29) is 5.88 Å². The molecule has 0 saturated carbocycles. The van der Waals surface area contributed by atoms with Crippen molar-refractivity contribution in [3.05, 3.63) is 61.9 Å². The minimum absolute atomic E-state index is 0.242. The molecule has 1 aromatic heterocycles. The van der Waals surface area contributed by atoms with Crippen LogP contribution >= 0.6 is 34.5 Å². The number of morpholine rings is 1. The van der Waals surface area contributed by atoms with Gasteiger partial charge >= 0.3 is 0 Å². The lowest BCUT2D eigenvalue weighted by atomic mass is 10.1. The molecule has 3 heterocycles. The van der Waals surface area contributed by atoms with Gasteiger partial charge in [-0.1, -0.05) is 40.6 Å². The van der Waals surface area contributed by atoms with Crippen molar-refractivity contribution in [2.75, 3.05) is 36.5 Å². The van der Waals surface area contributed by atoms with Gasteiger partial charge in [0.1, 0.15) is 4.88 Å². The van der Waals surface area contributed by atoms with Crippen LogP contribution in [0.25, 0.3) is 5.57 Å². The van der Waals surface area contributed by atoms with Crippen molar-refractivity contribution in [2.24, 2.45) is 4.99 Å². The van der Waals surface area contributed by atoms with E-state index in [2.05, 4.69) is 20.2 Å². The molecule has 0 unspecified atom stereocenters. The Kier molecular flexibility index (Phi) is 5.31. The van der Waals surface area contributed by atoms with E-state index >= 15 is 0 Å². The lowest BCUT2D eigenvalue weighted by molar-refractivity contribution is -0.112. The number of anilines is 3. The predicted octanol–water partition coefficient (Wildman–Crippen LogP) is 3.09. The van der Waals surface area contributed by atoms with Gasteiger partial charge in [0.25, 0.3) is 5.91 Å². The van der Waals surface area contributed by atoms with E-state index in [9.17, 15) is 9.90 Å². The molecule has 2 aliphatic rings. The third-order valence-electron chi connectivity index (χ3n) is 5.09. The van der Waals surface area contributed by atoms with Gasteiger partial charge in [0.15, 0.2) is 5.13 Å². The van der Waals surface area contributed by atoms with Gasteiger partial charge < -0.3 is 20.1 Å². The molecule has 1 saturated heterocycles. The van der Waals surface area contributed by atoms with E-state index < -0.39 is 5.91 Å². The second kappa shape index (κ2) is 8.12. The summed E-state index contributed by atoms with van der Waals surface area (Å²) in [7, 11) is 0. The maximum absolute atomic E-state index is 12.7. The van der Waals surface area contributed by atoms with Crippen LogP contribution in [0.3, 0.4) is 0 Å². The highest BCUT2D eigenvalue weighted by molar-refractivity contribution is 7.17. The Labute approximate surface area is 191 Å². The number of carbonyl (C=O) groups is 1. The summed E-state index contributed by atoms with van der Waals surface area (Å²) < 4.78 is 5.42. The molecule has 3 aromatic rings. The van der Waals surface area contributed by atoms with Gasteiger partial charge in [-0.15, -0.1) is 0 Å². The van der Waals surface area contributed by atoms with Crippen LogP contribution in [0, 0.1) is 0 Å². The van der Waals surface area contributed by atoms with E-state index in [0.717, 1.165) is 30.1 Å². The number of halogens is 2. The van der Waals surface area contributed by atoms with Gasteiger partial charge in [-0.2, -0.15) is 4.98 Å². The first-order valence-corrected chi connectivity index (χ1v) is 11.1. The van der Waals surface area contributed by atoms with Crippen molar-refractivity contribution < 1.29 is 14.6 Å². The van der Waals surface area contributed by atoms with Crippen LogP contribution in [0.4, 0.5) is 16.5 Å². The minimum atomic E-state index is -0.402. The van der Waals surface area contributed by atoms with Gasteiger partial charge in [0.05, 0.1) is 39.9 Å². The number of nitrogens with one attached hydrogen (secondary N) is 1. The molecule has 2 N–H and O–H groups in total.